The molecule has 3 aromatic rings. The molecule has 0 spiro atoms. The lowest BCUT2D eigenvalue weighted by molar-refractivity contribution is -0.137. The fourth-order valence-corrected chi connectivity index (χ4v) is 3.28. The summed E-state index contributed by atoms with van der Waals surface area (Å²) < 4.78 is 47.5. The zero-order chi connectivity index (χ0) is 18.0. The Kier molecular flexibility index (Phi) is 5.03. The van der Waals surface area contributed by atoms with E-state index in [2.05, 4.69) is 5.10 Å². The highest BCUT2D eigenvalue weighted by atomic mass is 127. The van der Waals surface area contributed by atoms with Crippen LogP contribution in [0.1, 0.15) is 11.1 Å². The number of aromatic nitrogens is 2. The third-order valence-electron chi connectivity index (χ3n) is 3.77. The molecule has 25 heavy (non-hydrogen) atoms. The minimum Gasteiger partial charge on any atom is -0.497 e. The van der Waals surface area contributed by atoms with E-state index in [0.29, 0.717) is 15.8 Å². The molecule has 1 aromatic heterocycles. The van der Waals surface area contributed by atoms with E-state index in [-0.39, 0.29) is 5.56 Å². The summed E-state index contributed by atoms with van der Waals surface area (Å²) in [5, 5.41) is 4.26. The van der Waals surface area contributed by atoms with Crippen molar-refractivity contribution in [1.29, 1.82) is 0 Å². The van der Waals surface area contributed by atoms with E-state index in [4.69, 9.17) is 4.74 Å². The molecular formula is C18H14F3IN2O. The van der Waals surface area contributed by atoms with Crippen LogP contribution in [0.2, 0.25) is 0 Å². The zero-order valence-corrected chi connectivity index (χ0v) is 15.4. The van der Waals surface area contributed by atoms with Crippen LogP contribution in [0.3, 0.4) is 0 Å². The minimum absolute atomic E-state index is 0.130. The molecule has 3 nitrogen and oxygen atoms in total. The number of methoxy groups -OCH3 is 1. The first-order chi connectivity index (χ1) is 11.9. The Morgan fingerprint density at radius 2 is 1.76 bits per heavy atom. The summed E-state index contributed by atoms with van der Waals surface area (Å²) in [6.45, 7) is 0.370. The minimum atomic E-state index is -4.42. The first-order valence-electron chi connectivity index (χ1n) is 7.41. The highest BCUT2D eigenvalue weighted by Gasteiger charge is 2.34. The summed E-state index contributed by atoms with van der Waals surface area (Å²) in [5.74, 6) is 0.724. The predicted molar refractivity (Wildman–Crippen MR) is 97.5 cm³/mol. The van der Waals surface area contributed by atoms with Crippen LogP contribution in [-0.2, 0) is 12.7 Å². The van der Waals surface area contributed by atoms with E-state index in [1.807, 2.05) is 46.9 Å². The fourth-order valence-electron chi connectivity index (χ4n) is 2.59. The second-order valence-corrected chi connectivity index (χ2v) is 6.55. The molecule has 0 bridgehead atoms. The fraction of sp³-hybridized carbons (Fsp3) is 0.167. The van der Waals surface area contributed by atoms with Gasteiger partial charge in [-0.1, -0.05) is 30.3 Å². The monoisotopic (exact) mass is 458 g/mol. The van der Waals surface area contributed by atoms with E-state index in [1.54, 1.807) is 24.1 Å². The highest BCUT2D eigenvalue weighted by molar-refractivity contribution is 14.1. The SMILES string of the molecule is COc1ccc(Cn2ncc(I)c2-c2ccccc2C(F)(F)F)cc1. The Hall–Kier alpha value is -2.03. The maximum atomic E-state index is 13.4. The van der Waals surface area contributed by atoms with Crippen molar-refractivity contribution in [1.82, 2.24) is 9.78 Å². The molecule has 0 N–H and O–H groups in total. The molecule has 0 radical (unpaired) electrons. The summed E-state index contributed by atoms with van der Waals surface area (Å²) in [4.78, 5) is 0. The van der Waals surface area contributed by atoms with Crippen molar-refractivity contribution >= 4 is 22.6 Å². The lowest BCUT2D eigenvalue weighted by Crippen LogP contribution is -2.10. The number of nitrogens with zero attached hydrogens (tertiary/aromatic N) is 2. The molecule has 7 heteroatoms. The molecule has 0 saturated heterocycles. The van der Waals surface area contributed by atoms with E-state index < -0.39 is 11.7 Å². The molecule has 0 aliphatic heterocycles. The van der Waals surface area contributed by atoms with Crippen LogP contribution in [0.15, 0.2) is 54.7 Å². The van der Waals surface area contributed by atoms with Gasteiger partial charge in [-0.25, -0.2) is 0 Å². The number of halogens is 4. The lowest BCUT2D eigenvalue weighted by atomic mass is 10.0. The normalized spacial score (nSPS) is 11.6. The molecule has 0 atom stereocenters. The topological polar surface area (TPSA) is 27.1 Å². The van der Waals surface area contributed by atoms with E-state index in [0.717, 1.165) is 17.4 Å². The maximum absolute atomic E-state index is 13.4. The van der Waals surface area contributed by atoms with E-state index in [9.17, 15) is 13.2 Å². The largest absolute Gasteiger partial charge is 0.497 e. The van der Waals surface area contributed by atoms with Crippen LogP contribution in [0, 0.1) is 3.57 Å². The Labute approximate surface area is 156 Å². The standard InChI is InChI=1S/C18H14F3IN2O/c1-25-13-8-6-12(7-9-13)11-24-17(16(22)10-23-24)14-4-2-3-5-15(14)18(19,20)21/h2-10H,11H2,1H3. The van der Waals surface area contributed by atoms with Crippen LogP contribution >= 0.6 is 22.6 Å². The quantitative estimate of drug-likeness (QED) is 0.501. The van der Waals surface area contributed by atoms with Crippen LogP contribution in [-0.4, -0.2) is 16.9 Å². The van der Waals surface area contributed by atoms with Crippen LogP contribution in [0.25, 0.3) is 11.3 Å². The van der Waals surface area contributed by atoms with Gasteiger partial charge in [-0.15, -0.1) is 0 Å². The molecule has 0 unspecified atom stereocenters. The molecule has 0 saturated carbocycles. The molecule has 0 amide bonds. The molecule has 130 valence electrons. The number of hydrogen-bond acceptors (Lipinski definition) is 2. The van der Waals surface area contributed by atoms with Gasteiger partial charge < -0.3 is 4.74 Å². The number of benzene rings is 2. The summed E-state index contributed by atoms with van der Waals surface area (Å²) in [5.41, 5.74) is 0.852. The molecule has 0 fully saturated rings. The summed E-state index contributed by atoms with van der Waals surface area (Å²) in [6.07, 6.45) is -2.85. The van der Waals surface area contributed by atoms with Gasteiger partial charge in [0, 0.05) is 5.56 Å². The van der Waals surface area contributed by atoms with E-state index >= 15 is 0 Å². The Balaban J connectivity index is 2.03. The number of alkyl halides is 3. The van der Waals surface area contributed by atoms with Gasteiger partial charge in [0.2, 0.25) is 0 Å². The average Bonchev–Trinajstić information content (AvgIpc) is 2.95. The van der Waals surface area contributed by atoms with Gasteiger partial charge in [-0.05, 0) is 46.4 Å². The number of hydrogen-bond donors (Lipinski definition) is 0. The van der Waals surface area contributed by atoms with Crippen molar-refractivity contribution < 1.29 is 17.9 Å². The second-order valence-electron chi connectivity index (χ2n) is 5.39. The van der Waals surface area contributed by atoms with Crippen molar-refractivity contribution in [2.45, 2.75) is 12.7 Å². The Morgan fingerprint density at radius 3 is 2.40 bits per heavy atom. The van der Waals surface area contributed by atoms with Gasteiger partial charge >= 0.3 is 6.18 Å². The highest BCUT2D eigenvalue weighted by Crippen LogP contribution is 2.38. The molecule has 3 rings (SSSR count). The van der Waals surface area contributed by atoms with Crippen molar-refractivity contribution in [3.05, 3.63) is 69.4 Å². The molecule has 2 aromatic carbocycles. The number of ether oxygens (including phenoxy) is 1. The molecular weight excluding hydrogens is 444 g/mol. The van der Waals surface area contributed by atoms with Crippen LogP contribution < -0.4 is 4.74 Å². The van der Waals surface area contributed by atoms with Gasteiger partial charge in [-0.2, -0.15) is 18.3 Å². The Bertz CT molecular complexity index is 873. The molecule has 0 aliphatic rings. The van der Waals surface area contributed by atoms with Crippen LogP contribution in [0.5, 0.6) is 5.75 Å². The van der Waals surface area contributed by atoms with Crippen molar-refractivity contribution in [2.75, 3.05) is 7.11 Å². The first kappa shape index (κ1) is 17.8. The van der Waals surface area contributed by atoms with Gasteiger partial charge in [0.25, 0.3) is 0 Å². The van der Waals surface area contributed by atoms with Crippen molar-refractivity contribution in [2.24, 2.45) is 0 Å². The summed E-state index contributed by atoms with van der Waals surface area (Å²) in [7, 11) is 1.58. The third kappa shape index (κ3) is 3.81. The first-order valence-corrected chi connectivity index (χ1v) is 8.49. The second kappa shape index (κ2) is 7.07. The summed E-state index contributed by atoms with van der Waals surface area (Å²) in [6, 6.07) is 12.9. The smallest absolute Gasteiger partial charge is 0.417 e. The van der Waals surface area contributed by atoms with Crippen LogP contribution in [0.4, 0.5) is 13.2 Å². The third-order valence-corrected chi connectivity index (χ3v) is 4.56. The van der Waals surface area contributed by atoms with Crippen molar-refractivity contribution in [3.8, 4) is 17.0 Å². The Morgan fingerprint density at radius 1 is 1.08 bits per heavy atom. The predicted octanol–water partition coefficient (Wildman–Crippen LogP) is 5.23. The number of rotatable bonds is 4. The maximum Gasteiger partial charge on any atom is 0.417 e. The van der Waals surface area contributed by atoms with Gasteiger partial charge in [-0.3, -0.25) is 4.68 Å². The van der Waals surface area contributed by atoms with Gasteiger partial charge in [0.15, 0.2) is 0 Å². The molecule has 0 aliphatic carbocycles. The zero-order valence-electron chi connectivity index (χ0n) is 13.2. The van der Waals surface area contributed by atoms with E-state index in [1.165, 1.54) is 12.1 Å². The summed E-state index contributed by atoms with van der Waals surface area (Å²) >= 11 is 2.01. The van der Waals surface area contributed by atoms with Gasteiger partial charge in [0.05, 0.1) is 34.7 Å². The molecule has 1 heterocycles. The van der Waals surface area contributed by atoms with Gasteiger partial charge in [0.1, 0.15) is 5.75 Å². The lowest BCUT2D eigenvalue weighted by Gasteiger charge is -2.15. The average molecular weight is 458 g/mol. The van der Waals surface area contributed by atoms with Crippen molar-refractivity contribution in [3.63, 3.8) is 0 Å².